The van der Waals surface area contributed by atoms with Crippen LogP contribution in [-0.2, 0) is 14.7 Å². The van der Waals surface area contributed by atoms with Crippen molar-refractivity contribution in [1.29, 1.82) is 0 Å². The molecule has 6 heteroatoms. The Morgan fingerprint density at radius 1 is 1.40 bits per heavy atom. The fourth-order valence-corrected chi connectivity index (χ4v) is 1.61. The molecule has 0 aliphatic rings. The van der Waals surface area contributed by atoms with Gasteiger partial charge in [-0.2, -0.15) is 0 Å². The number of rotatable bonds is 2. The Morgan fingerprint density at radius 3 is 2.67 bits per heavy atom. The SMILES string of the molecule is O=C(OC(=S)OS)SCc1ccccc1. The third kappa shape index (κ3) is 5.06. The summed E-state index contributed by atoms with van der Waals surface area (Å²) in [5.41, 5.74) is 1.04. The van der Waals surface area contributed by atoms with Crippen LogP contribution < -0.4 is 0 Å². The van der Waals surface area contributed by atoms with Gasteiger partial charge < -0.3 is 8.92 Å². The highest BCUT2D eigenvalue weighted by molar-refractivity contribution is 8.12. The summed E-state index contributed by atoms with van der Waals surface area (Å²) in [5, 5.41) is -0.790. The minimum absolute atomic E-state index is 0.288. The third-order valence-corrected chi connectivity index (χ3v) is 2.69. The zero-order valence-electron chi connectivity index (χ0n) is 7.58. The molecule has 80 valence electrons. The fraction of sp³-hybridized carbons (Fsp3) is 0.111. The number of hydrogen-bond donors (Lipinski definition) is 1. The first-order chi connectivity index (χ1) is 7.22. The highest BCUT2D eigenvalue weighted by atomic mass is 32.2. The van der Waals surface area contributed by atoms with Crippen LogP contribution in [0.15, 0.2) is 30.3 Å². The molecule has 3 nitrogen and oxygen atoms in total. The molecule has 0 N–H and O–H groups in total. The number of ether oxygens (including phenoxy) is 1. The van der Waals surface area contributed by atoms with Gasteiger partial charge in [0.1, 0.15) is 0 Å². The Morgan fingerprint density at radius 2 is 2.07 bits per heavy atom. The Bertz CT molecular complexity index is 340. The maximum atomic E-state index is 11.1. The Labute approximate surface area is 103 Å². The molecule has 0 unspecified atom stereocenters. The molecule has 0 radical (unpaired) electrons. The maximum absolute atomic E-state index is 11.1. The van der Waals surface area contributed by atoms with Gasteiger partial charge in [-0.25, -0.2) is 4.79 Å². The van der Waals surface area contributed by atoms with Crippen LogP contribution in [0.4, 0.5) is 4.79 Å². The van der Waals surface area contributed by atoms with Crippen LogP contribution in [-0.4, -0.2) is 10.5 Å². The summed E-state index contributed by atoms with van der Waals surface area (Å²) >= 11 is 8.92. The summed E-state index contributed by atoms with van der Waals surface area (Å²) in [5.74, 6) is 0.537. The summed E-state index contributed by atoms with van der Waals surface area (Å²) in [6, 6.07) is 9.57. The molecule has 0 aromatic heterocycles. The van der Waals surface area contributed by atoms with E-state index in [4.69, 9.17) is 0 Å². The van der Waals surface area contributed by atoms with Gasteiger partial charge >= 0.3 is 10.5 Å². The van der Waals surface area contributed by atoms with Crippen LogP contribution in [0.25, 0.3) is 0 Å². The van der Waals surface area contributed by atoms with E-state index in [9.17, 15) is 4.79 Å². The van der Waals surface area contributed by atoms with Crippen molar-refractivity contribution in [2.24, 2.45) is 0 Å². The van der Waals surface area contributed by atoms with Crippen molar-refractivity contribution in [1.82, 2.24) is 0 Å². The summed E-state index contributed by atoms with van der Waals surface area (Å²) in [6.45, 7) is 0. The van der Waals surface area contributed by atoms with E-state index in [0.717, 1.165) is 17.3 Å². The molecule has 0 bridgehead atoms. The Kier molecular flexibility index (Phi) is 5.52. The lowest BCUT2D eigenvalue weighted by molar-refractivity contribution is 0.217. The van der Waals surface area contributed by atoms with Crippen molar-refractivity contribution in [3.8, 4) is 0 Å². The monoisotopic (exact) mass is 260 g/mol. The Hall–Kier alpha value is -0.720. The lowest BCUT2D eigenvalue weighted by atomic mass is 10.2. The molecule has 0 heterocycles. The molecule has 0 fully saturated rings. The van der Waals surface area contributed by atoms with E-state index in [1.54, 1.807) is 0 Å². The van der Waals surface area contributed by atoms with Crippen LogP contribution in [0, 0.1) is 0 Å². The predicted molar refractivity (Wildman–Crippen MR) is 66.9 cm³/mol. The van der Waals surface area contributed by atoms with Gasteiger partial charge in [0.05, 0.1) is 0 Å². The molecule has 1 rings (SSSR count). The topological polar surface area (TPSA) is 35.5 Å². The average molecular weight is 260 g/mol. The zero-order chi connectivity index (χ0) is 11.1. The molecule has 1 aromatic rings. The molecule has 0 aliphatic carbocycles. The van der Waals surface area contributed by atoms with E-state index >= 15 is 0 Å². The molecule has 0 amide bonds. The van der Waals surface area contributed by atoms with Gasteiger partial charge in [-0.05, 0) is 17.3 Å². The minimum Gasteiger partial charge on any atom is -0.385 e. The standard InChI is InChI=1S/C9H8O3S3/c10-8(11-9(13)12-14)15-6-7-4-2-1-3-5-7/h1-5,14H,6H2. The van der Waals surface area contributed by atoms with Crippen molar-refractivity contribution in [3.05, 3.63) is 35.9 Å². The van der Waals surface area contributed by atoms with Gasteiger partial charge in [0.15, 0.2) is 0 Å². The lowest BCUT2D eigenvalue weighted by Gasteiger charge is -2.02. The van der Waals surface area contributed by atoms with Crippen molar-refractivity contribution in [3.63, 3.8) is 0 Å². The molecule has 0 saturated carbocycles. The first-order valence-electron chi connectivity index (χ1n) is 3.96. The second kappa shape index (κ2) is 6.71. The van der Waals surface area contributed by atoms with Gasteiger partial charge in [0.25, 0.3) is 0 Å². The van der Waals surface area contributed by atoms with Crippen LogP contribution in [0.5, 0.6) is 0 Å². The quantitative estimate of drug-likeness (QED) is 0.382. The van der Waals surface area contributed by atoms with Gasteiger partial charge in [-0.3, -0.25) is 0 Å². The fourth-order valence-electron chi connectivity index (χ4n) is 0.833. The summed E-state index contributed by atoms with van der Waals surface area (Å²) in [4.78, 5) is 11.1. The number of carbonyl (C=O) groups is 1. The zero-order valence-corrected chi connectivity index (χ0v) is 10.1. The van der Waals surface area contributed by atoms with E-state index in [1.807, 2.05) is 30.3 Å². The summed E-state index contributed by atoms with van der Waals surface area (Å²) in [7, 11) is 0. The highest BCUT2D eigenvalue weighted by Gasteiger charge is 2.08. The van der Waals surface area contributed by atoms with Gasteiger partial charge in [0, 0.05) is 30.9 Å². The molecule has 0 aliphatic heterocycles. The molecule has 0 atom stereocenters. The van der Waals surface area contributed by atoms with E-state index in [2.05, 4.69) is 34.0 Å². The number of carbonyl (C=O) groups excluding carboxylic acids is 1. The number of thiocarbonyl (C=S) groups is 1. The number of benzene rings is 1. The first-order valence-corrected chi connectivity index (χ1v) is 5.72. The molecule has 15 heavy (non-hydrogen) atoms. The molecular formula is C9H8O3S3. The number of thiol groups is 1. The lowest BCUT2D eigenvalue weighted by Crippen LogP contribution is -2.05. The Balaban J connectivity index is 2.32. The predicted octanol–water partition coefficient (Wildman–Crippen LogP) is 3.20. The van der Waals surface area contributed by atoms with Crippen molar-refractivity contribution < 1.29 is 13.7 Å². The number of thioether (sulfide) groups is 1. The second-order valence-electron chi connectivity index (χ2n) is 2.47. The van der Waals surface area contributed by atoms with E-state index in [0.29, 0.717) is 5.75 Å². The van der Waals surface area contributed by atoms with E-state index < -0.39 is 5.30 Å². The van der Waals surface area contributed by atoms with Crippen molar-refractivity contribution >= 4 is 47.4 Å². The normalized spacial score (nSPS) is 9.40. The van der Waals surface area contributed by atoms with Crippen LogP contribution >= 0.6 is 36.9 Å². The second-order valence-corrected chi connectivity index (χ2v) is 3.89. The average Bonchev–Trinajstić information content (AvgIpc) is 2.27. The van der Waals surface area contributed by atoms with Gasteiger partial charge in [-0.15, -0.1) is 0 Å². The smallest absolute Gasteiger partial charge is 0.376 e. The van der Waals surface area contributed by atoms with Crippen LogP contribution in [0.2, 0.25) is 0 Å². The van der Waals surface area contributed by atoms with Gasteiger partial charge in [0.2, 0.25) is 0 Å². The molecular weight excluding hydrogens is 252 g/mol. The number of hydrogen-bond acceptors (Lipinski definition) is 6. The molecule has 0 spiro atoms. The highest BCUT2D eigenvalue weighted by Crippen LogP contribution is 2.14. The van der Waals surface area contributed by atoms with Gasteiger partial charge in [-0.1, -0.05) is 30.3 Å². The van der Waals surface area contributed by atoms with E-state index in [-0.39, 0.29) is 5.24 Å². The van der Waals surface area contributed by atoms with Crippen molar-refractivity contribution in [2.75, 3.05) is 0 Å². The molecule has 0 saturated heterocycles. The minimum atomic E-state index is -0.502. The van der Waals surface area contributed by atoms with Crippen LogP contribution in [0.3, 0.4) is 0 Å². The van der Waals surface area contributed by atoms with Crippen molar-refractivity contribution in [2.45, 2.75) is 5.75 Å². The summed E-state index contributed by atoms with van der Waals surface area (Å²) < 4.78 is 8.82. The van der Waals surface area contributed by atoms with Crippen LogP contribution in [0.1, 0.15) is 5.56 Å². The van der Waals surface area contributed by atoms with E-state index in [1.165, 1.54) is 0 Å². The molecule has 1 aromatic carbocycles. The third-order valence-electron chi connectivity index (χ3n) is 1.44. The largest absolute Gasteiger partial charge is 0.385 e. The maximum Gasteiger partial charge on any atom is 0.376 e. The first kappa shape index (κ1) is 12.4. The summed E-state index contributed by atoms with van der Waals surface area (Å²) in [6.07, 6.45) is 0.